The molecule has 0 spiro atoms. The number of rotatable bonds is 5. The highest BCUT2D eigenvalue weighted by Crippen LogP contribution is 2.22. The third kappa shape index (κ3) is 3.36. The molecule has 0 amide bonds. The maximum Gasteiger partial charge on any atom is 0.256 e. The molecule has 0 bridgehead atoms. The van der Waals surface area contributed by atoms with E-state index in [0.717, 1.165) is 17.9 Å². The summed E-state index contributed by atoms with van der Waals surface area (Å²) in [5.74, 6) is 0.923. The van der Waals surface area contributed by atoms with Gasteiger partial charge in [0.25, 0.3) is 5.56 Å². The summed E-state index contributed by atoms with van der Waals surface area (Å²) in [5, 5.41) is 0. The van der Waals surface area contributed by atoms with Crippen LogP contribution in [0.3, 0.4) is 0 Å². The van der Waals surface area contributed by atoms with Crippen molar-refractivity contribution >= 4 is 12.3 Å². The Morgan fingerprint density at radius 2 is 2.26 bits per heavy atom. The molecule has 2 rings (SSSR count). The molecule has 2 aromatic rings. The molecule has 0 saturated heterocycles. The third-order valence-corrected chi connectivity index (χ3v) is 2.92. The van der Waals surface area contributed by atoms with Crippen molar-refractivity contribution in [3.63, 3.8) is 0 Å². The van der Waals surface area contributed by atoms with E-state index in [1.807, 2.05) is 19.9 Å². The normalized spacial score (nSPS) is 10.4. The van der Waals surface area contributed by atoms with Crippen LogP contribution in [-0.4, -0.2) is 16.2 Å². The minimum Gasteiger partial charge on any atom is -0.396 e. The van der Waals surface area contributed by atoms with Gasteiger partial charge in [0.15, 0.2) is 11.6 Å². The number of aryl methyl sites for hydroxylation is 1. The summed E-state index contributed by atoms with van der Waals surface area (Å²) in [6, 6.07) is 6.87. The summed E-state index contributed by atoms with van der Waals surface area (Å²) < 4.78 is 11.9. The molecule has 0 fully saturated rings. The molecule has 6 heteroatoms. The Kier molecular flexibility index (Phi) is 4.59. The lowest BCUT2D eigenvalue weighted by molar-refractivity contribution is 0.369. The topological polar surface area (TPSA) is 53.4 Å². The molecule has 0 unspecified atom stereocenters. The Labute approximate surface area is 115 Å². The van der Waals surface area contributed by atoms with E-state index in [4.69, 9.17) is 8.37 Å². The van der Waals surface area contributed by atoms with E-state index in [1.165, 1.54) is 4.57 Å². The second-order valence-electron chi connectivity index (χ2n) is 3.80. The first kappa shape index (κ1) is 13.6. The van der Waals surface area contributed by atoms with E-state index in [0.29, 0.717) is 18.2 Å². The quantitative estimate of drug-likeness (QED) is 0.621. The van der Waals surface area contributed by atoms with Gasteiger partial charge in [0.1, 0.15) is 0 Å². The first-order valence-corrected chi connectivity index (χ1v) is 6.50. The average molecular weight is 278 g/mol. The Bertz CT molecular complexity index is 613. The Morgan fingerprint density at radius 1 is 1.42 bits per heavy atom. The zero-order valence-corrected chi connectivity index (χ0v) is 11.5. The van der Waals surface area contributed by atoms with Crippen LogP contribution in [0.2, 0.25) is 0 Å². The van der Waals surface area contributed by atoms with Gasteiger partial charge in [-0.3, -0.25) is 13.5 Å². The maximum atomic E-state index is 12.0. The second kappa shape index (κ2) is 6.40. The minimum absolute atomic E-state index is 0.148. The van der Waals surface area contributed by atoms with E-state index in [1.54, 1.807) is 30.6 Å². The predicted molar refractivity (Wildman–Crippen MR) is 74.4 cm³/mol. The zero-order chi connectivity index (χ0) is 13.7. The molecular formula is C13H14N2O3S. The molecule has 100 valence electrons. The third-order valence-electron chi connectivity index (χ3n) is 2.34. The summed E-state index contributed by atoms with van der Waals surface area (Å²) in [6.07, 6.45) is 3.29. The van der Waals surface area contributed by atoms with Gasteiger partial charge in [-0.05, 0) is 37.6 Å². The van der Waals surface area contributed by atoms with Crippen LogP contribution in [0.1, 0.15) is 12.5 Å². The number of hydrogen-bond acceptors (Lipinski definition) is 5. The maximum absolute atomic E-state index is 12.0. The molecule has 19 heavy (non-hydrogen) atoms. The summed E-state index contributed by atoms with van der Waals surface area (Å²) in [5.41, 5.74) is 0.758. The van der Waals surface area contributed by atoms with Crippen LogP contribution in [-0.2, 0) is 4.18 Å². The molecule has 0 aliphatic rings. The molecule has 5 nitrogen and oxygen atoms in total. The van der Waals surface area contributed by atoms with Crippen LogP contribution in [0.4, 0.5) is 0 Å². The van der Waals surface area contributed by atoms with Crippen molar-refractivity contribution in [2.75, 3.05) is 6.61 Å². The van der Waals surface area contributed by atoms with E-state index in [9.17, 15) is 4.79 Å². The van der Waals surface area contributed by atoms with Crippen LogP contribution in [0.25, 0.3) is 5.82 Å². The lowest BCUT2D eigenvalue weighted by Crippen LogP contribution is -2.18. The standard InChI is InChI=1S/C13H14N2O3S/c1-3-17-19-18-11-5-4-7-14-13(11)15-8-6-10(2)9-12(15)16/h4-9H,3H2,1-2H3. The monoisotopic (exact) mass is 278 g/mol. The van der Waals surface area contributed by atoms with E-state index in [-0.39, 0.29) is 5.56 Å². The minimum atomic E-state index is -0.148. The number of nitrogens with zero attached hydrogens (tertiary/aromatic N) is 2. The first-order valence-electron chi connectivity index (χ1n) is 5.83. The van der Waals surface area contributed by atoms with Crippen molar-refractivity contribution in [2.24, 2.45) is 0 Å². The number of hydrogen-bond donors (Lipinski definition) is 0. The molecule has 2 aromatic heterocycles. The fraction of sp³-hybridized carbons (Fsp3) is 0.231. The molecule has 0 saturated carbocycles. The molecule has 0 atom stereocenters. The fourth-order valence-corrected chi connectivity index (χ4v) is 1.84. The molecule has 2 heterocycles. The summed E-state index contributed by atoms with van der Waals surface area (Å²) >= 11 is 0.869. The summed E-state index contributed by atoms with van der Waals surface area (Å²) in [6.45, 7) is 4.27. The lowest BCUT2D eigenvalue weighted by atomic mass is 10.3. The SMILES string of the molecule is CCOSOc1cccnc1-n1ccc(C)cc1=O. The summed E-state index contributed by atoms with van der Waals surface area (Å²) in [7, 11) is 0. The van der Waals surface area contributed by atoms with Crippen LogP contribution >= 0.6 is 12.3 Å². The largest absolute Gasteiger partial charge is 0.396 e. The van der Waals surface area contributed by atoms with Gasteiger partial charge in [-0.15, -0.1) is 0 Å². The van der Waals surface area contributed by atoms with Crippen molar-refractivity contribution in [3.8, 4) is 11.6 Å². The zero-order valence-electron chi connectivity index (χ0n) is 10.7. The van der Waals surface area contributed by atoms with Crippen molar-refractivity contribution < 1.29 is 8.37 Å². The highest BCUT2D eigenvalue weighted by molar-refractivity contribution is 7.90. The Morgan fingerprint density at radius 3 is 3.00 bits per heavy atom. The van der Waals surface area contributed by atoms with E-state index >= 15 is 0 Å². The fourth-order valence-electron chi connectivity index (χ4n) is 1.49. The molecule has 0 aromatic carbocycles. The van der Waals surface area contributed by atoms with Gasteiger partial charge in [0.2, 0.25) is 12.3 Å². The van der Waals surface area contributed by atoms with Crippen molar-refractivity contribution in [2.45, 2.75) is 13.8 Å². The van der Waals surface area contributed by atoms with Gasteiger partial charge in [-0.1, -0.05) is 0 Å². The van der Waals surface area contributed by atoms with Gasteiger partial charge in [-0.25, -0.2) is 4.98 Å². The van der Waals surface area contributed by atoms with Crippen LogP contribution in [0.15, 0.2) is 41.5 Å². The average Bonchev–Trinajstić information content (AvgIpc) is 2.40. The van der Waals surface area contributed by atoms with Crippen LogP contribution in [0.5, 0.6) is 5.75 Å². The molecule has 0 radical (unpaired) electrons. The van der Waals surface area contributed by atoms with E-state index < -0.39 is 0 Å². The highest BCUT2D eigenvalue weighted by atomic mass is 32.2. The van der Waals surface area contributed by atoms with Gasteiger partial charge in [0.05, 0.1) is 6.61 Å². The van der Waals surface area contributed by atoms with Crippen molar-refractivity contribution in [1.29, 1.82) is 0 Å². The van der Waals surface area contributed by atoms with Gasteiger partial charge >= 0.3 is 0 Å². The molecule has 0 aliphatic carbocycles. The second-order valence-corrected chi connectivity index (χ2v) is 4.33. The van der Waals surface area contributed by atoms with Gasteiger partial charge < -0.3 is 4.18 Å². The summed E-state index contributed by atoms with van der Waals surface area (Å²) in [4.78, 5) is 16.1. The van der Waals surface area contributed by atoms with Gasteiger partial charge in [0, 0.05) is 18.5 Å². The van der Waals surface area contributed by atoms with Crippen LogP contribution < -0.4 is 9.74 Å². The number of pyridine rings is 2. The molecule has 0 N–H and O–H groups in total. The molecule has 0 aliphatic heterocycles. The van der Waals surface area contributed by atoms with Crippen LogP contribution in [0, 0.1) is 6.92 Å². The smallest absolute Gasteiger partial charge is 0.256 e. The number of aromatic nitrogens is 2. The molecular weight excluding hydrogens is 264 g/mol. The predicted octanol–water partition coefficient (Wildman–Crippen LogP) is 2.52. The van der Waals surface area contributed by atoms with Gasteiger partial charge in [-0.2, -0.15) is 0 Å². The van der Waals surface area contributed by atoms with E-state index in [2.05, 4.69) is 4.98 Å². The Hall–Kier alpha value is -1.79. The lowest BCUT2D eigenvalue weighted by Gasteiger charge is -2.09. The van der Waals surface area contributed by atoms with Crippen molar-refractivity contribution in [3.05, 3.63) is 52.6 Å². The first-order chi connectivity index (χ1) is 9.22. The Balaban J connectivity index is 2.36. The van der Waals surface area contributed by atoms with Crippen molar-refractivity contribution in [1.82, 2.24) is 9.55 Å². The highest BCUT2D eigenvalue weighted by Gasteiger charge is 2.09.